The van der Waals surface area contributed by atoms with Gasteiger partial charge in [0.2, 0.25) is 5.91 Å². The van der Waals surface area contributed by atoms with Gasteiger partial charge in [-0.15, -0.1) is 11.3 Å². The van der Waals surface area contributed by atoms with Gasteiger partial charge in [-0.2, -0.15) is 0 Å². The van der Waals surface area contributed by atoms with Crippen LogP contribution in [0.25, 0.3) is 0 Å². The number of carbonyl (C=O) groups is 1. The molecule has 1 aliphatic heterocycles. The molecular weight excluding hydrogens is 303 g/mol. The van der Waals surface area contributed by atoms with Crippen molar-refractivity contribution >= 4 is 40.4 Å². The largest absolute Gasteiger partial charge is 0.343 e. The first-order valence-corrected chi connectivity index (χ1v) is 8.11. The number of halogens is 2. The molecule has 2 rings (SSSR count). The van der Waals surface area contributed by atoms with Crippen LogP contribution in [0.2, 0.25) is 8.67 Å². The molecule has 106 valence electrons. The van der Waals surface area contributed by atoms with Gasteiger partial charge in [-0.05, 0) is 31.4 Å². The Balaban J connectivity index is 1.76. The number of nitrogens with zero attached hydrogens (tertiary/aromatic N) is 1. The van der Waals surface area contributed by atoms with Crippen molar-refractivity contribution in [2.75, 3.05) is 19.6 Å². The summed E-state index contributed by atoms with van der Waals surface area (Å²) in [6, 6.07) is 2.00. The molecule has 0 bridgehead atoms. The summed E-state index contributed by atoms with van der Waals surface area (Å²) in [6.45, 7) is 4.53. The molecule has 0 aromatic carbocycles. The van der Waals surface area contributed by atoms with Crippen LogP contribution in [-0.4, -0.2) is 30.4 Å². The molecule has 1 aromatic heterocycles. The van der Waals surface area contributed by atoms with Gasteiger partial charge in [0.25, 0.3) is 0 Å². The highest BCUT2D eigenvalue weighted by molar-refractivity contribution is 7.20. The molecule has 19 heavy (non-hydrogen) atoms. The Morgan fingerprint density at radius 2 is 2.16 bits per heavy atom. The third-order valence-corrected chi connectivity index (χ3v) is 4.92. The zero-order valence-corrected chi connectivity index (χ0v) is 13.2. The smallest absolute Gasteiger partial charge is 0.223 e. The number of thiophene rings is 1. The Kier molecular flexibility index (Phi) is 5.51. The lowest BCUT2D eigenvalue weighted by Crippen LogP contribution is -2.31. The van der Waals surface area contributed by atoms with Gasteiger partial charge >= 0.3 is 0 Å². The van der Waals surface area contributed by atoms with Crippen LogP contribution < -0.4 is 5.32 Å². The van der Waals surface area contributed by atoms with Crippen LogP contribution in [0, 0.1) is 0 Å². The van der Waals surface area contributed by atoms with Gasteiger partial charge < -0.3 is 10.2 Å². The fourth-order valence-corrected chi connectivity index (χ4v) is 3.92. The highest BCUT2D eigenvalue weighted by Crippen LogP contribution is 2.34. The summed E-state index contributed by atoms with van der Waals surface area (Å²) >= 11 is 13.4. The predicted molar refractivity (Wildman–Crippen MR) is 81.2 cm³/mol. The first kappa shape index (κ1) is 15.1. The molecule has 1 N–H and O–H groups in total. The average molecular weight is 321 g/mol. The van der Waals surface area contributed by atoms with Gasteiger partial charge in [0.15, 0.2) is 0 Å². The number of nitrogens with one attached hydrogen (secondary N) is 1. The van der Waals surface area contributed by atoms with Crippen molar-refractivity contribution in [3.8, 4) is 0 Å². The lowest BCUT2D eigenvalue weighted by molar-refractivity contribution is -0.130. The van der Waals surface area contributed by atoms with Crippen molar-refractivity contribution in [3.63, 3.8) is 0 Å². The molecular formula is C13H18Cl2N2OS. The molecule has 0 aliphatic carbocycles. The first-order chi connectivity index (χ1) is 9.08. The second kappa shape index (κ2) is 6.93. The minimum Gasteiger partial charge on any atom is -0.343 e. The van der Waals surface area contributed by atoms with E-state index < -0.39 is 0 Å². The van der Waals surface area contributed by atoms with Crippen molar-refractivity contribution in [2.24, 2.45) is 0 Å². The van der Waals surface area contributed by atoms with E-state index in [1.54, 1.807) is 0 Å². The van der Waals surface area contributed by atoms with E-state index in [4.69, 9.17) is 23.2 Å². The summed E-state index contributed by atoms with van der Waals surface area (Å²) in [5, 5.41) is 3.32. The predicted octanol–water partition coefficient (Wildman–Crippen LogP) is 3.72. The van der Waals surface area contributed by atoms with Crippen molar-refractivity contribution in [3.05, 3.63) is 20.3 Å². The van der Waals surface area contributed by atoms with E-state index in [2.05, 4.69) is 5.32 Å². The van der Waals surface area contributed by atoms with Gasteiger partial charge in [0.05, 0.1) is 8.67 Å². The summed E-state index contributed by atoms with van der Waals surface area (Å²) < 4.78 is 1.41. The van der Waals surface area contributed by atoms with Crippen LogP contribution in [0.3, 0.4) is 0 Å². The van der Waals surface area contributed by atoms with Crippen LogP contribution in [0.15, 0.2) is 6.07 Å². The molecule has 1 atom stereocenters. The Bertz CT molecular complexity index is 444. The molecule has 3 nitrogen and oxygen atoms in total. The number of rotatable bonds is 5. The zero-order valence-electron chi connectivity index (χ0n) is 10.9. The number of carbonyl (C=O) groups excluding carboxylic acids is 1. The van der Waals surface area contributed by atoms with E-state index >= 15 is 0 Å². The summed E-state index contributed by atoms with van der Waals surface area (Å²) in [6.07, 6.45) is 2.82. The van der Waals surface area contributed by atoms with E-state index in [-0.39, 0.29) is 11.9 Å². The van der Waals surface area contributed by atoms with Gasteiger partial charge in [0.1, 0.15) is 0 Å². The van der Waals surface area contributed by atoms with Crippen molar-refractivity contribution in [2.45, 2.75) is 32.2 Å². The third kappa shape index (κ3) is 4.09. The molecule has 0 radical (unpaired) electrons. The van der Waals surface area contributed by atoms with Gasteiger partial charge in [-0.3, -0.25) is 4.79 Å². The Labute approximate surface area is 127 Å². The lowest BCUT2D eigenvalue weighted by atomic mass is 10.2. The molecule has 1 aliphatic rings. The third-order valence-electron chi connectivity index (χ3n) is 3.40. The number of hydrogen-bond acceptors (Lipinski definition) is 3. The van der Waals surface area contributed by atoms with Gasteiger partial charge in [-0.1, -0.05) is 23.2 Å². The molecule has 1 saturated heterocycles. The quantitative estimate of drug-likeness (QED) is 0.896. The van der Waals surface area contributed by atoms with Crippen LogP contribution in [0.5, 0.6) is 0 Å². The Morgan fingerprint density at radius 3 is 2.74 bits per heavy atom. The molecule has 1 amide bonds. The Hall–Kier alpha value is -0.290. The fraction of sp³-hybridized carbons (Fsp3) is 0.615. The fourth-order valence-electron chi connectivity index (χ4n) is 2.28. The topological polar surface area (TPSA) is 32.3 Å². The highest BCUT2D eigenvalue weighted by Gasteiger charge is 2.18. The summed E-state index contributed by atoms with van der Waals surface area (Å²) in [4.78, 5) is 13.8. The molecule has 1 unspecified atom stereocenters. The maximum atomic E-state index is 11.9. The highest BCUT2D eigenvalue weighted by atomic mass is 35.5. The van der Waals surface area contributed by atoms with Gasteiger partial charge in [0, 0.05) is 32.1 Å². The second-order valence-electron chi connectivity index (χ2n) is 4.79. The summed E-state index contributed by atoms with van der Waals surface area (Å²) in [7, 11) is 0. The van der Waals surface area contributed by atoms with E-state index in [1.807, 2.05) is 17.9 Å². The molecule has 6 heteroatoms. The average Bonchev–Trinajstić information content (AvgIpc) is 2.98. The van der Waals surface area contributed by atoms with Gasteiger partial charge in [-0.25, -0.2) is 0 Å². The lowest BCUT2D eigenvalue weighted by Gasteiger charge is -2.17. The minimum absolute atomic E-state index is 0.114. The standard InChI is InChI=1S/C13H18Cl2N2OS/c1-9(10-8-11(14)19-13(10)15)16-5-4-12(18)17-6-2-3-7-17/h8-9,16H,2-7H2,1H3. The van der Waals surface area contributed by atoms with Crippen LogP contribution in [-0.2, 0) is 4.79 Å². The molecule has 1 fully saturated rings. The van der Waals surface area contributed by atoms with E-state index in [0.29, 0.717) is 17.3 Å². The van der Waals surface area contributed by atoms with E-state index in [9.17, 15) is 4.79 Å². The number of hydrogen-bond donors (Lipinski definition) is 1. The van der Waals surface area contributed by atoms with E-state index in [1.165, 1.54) is 11.3 Å². The van der Waals surface area contributed by atoms with Crippen LogP contribution >= 0.6 is 34.5 Å². The minimum atomic E-state index is 0.114. The van der Waals surface area contributed by atoms with Crippen molar-refractivity contribution < 1.29 is 4.79 Å². The zero-order chi connectivity index (χ0) is 13.8. The first-order valence-electron chi connectivity index (χ1n) is 6.54. The van der Waals surface area contributed by atoms with E-state index in [0.717, 1.165) is 35.8 Å². The maximum Gasteiger partial charge on any atom is 0.223 e. The Morgan fingerprint density at radius 1 is 1.47 bits per heavy atom. The molecule has 2 heterocycles. The second-order valence-corrected chi connectivity index (χ2v) is 7.08. The van der Waals surface area contributed by atoms with Crippen LogP contribution in [0.4, 0.5) is 0 Å². The maximum absolute atomic E-state index is 11.9. The van der Waals surface area contributed by atoms with Crippen molar-refractivity contribution in [1.29, 1.82) is 0 Å². The summed E-state index contributed by atoms with van der Waals surface area (Å²) in [5.74, 6) is 0.242. The summed E-state index contributed by atoms with van der Waals surface area (Å²) in [5.41, 5.74) is 1.00. The molecule has 1 aromatic rings. The number of likely N-dealkylation sites (tertiary alicyclic amines) is 1. The van der Waals surface area contributed by atoms with Crippen LogP contribution in [0.1, 0.15) is 37.8 Å². The SMILES string of the molecule is CC(NCCC(=O)N1CCCC1)c1cc(Cl)sc1Cl. The molecule has 0 spiro atoms. The normalized spacial score (nSPS) is 16.9. The van der Waals surface area contributed by atoms with Crippen molar-refractivity contribution in [1.82, 2.24) is 10.2 Å². The monoisotopic (exact) mass is 320 g/mol. The molecule has 0 saturated carbocycles. The number of amides is 1.